The number of hydrogen-bond donors (Lipinski definition) is 3. The number of nitrogens with two attached hydrogens (primary N) is 1. The standard InChI is InChI=1S/C13H16N4O3/c1-2-17(8-12(18)16-6-5-14)11-4-3-9(13(19)20)7-10(11)15/h3-4,7H,2,6,8,15H2,1H3,(H,16,18)(H,19,20). The molecule has 20 heavy (non-hydrogen) atoms. The number of likely N-dealkylation sites (N-methyl/N-ethyl adjacent to an activating group) is 1. The molecule has 0 aliphatic carbocycles. The van der Waals surface area contributed by atoms with Crippen molar-refractivity contribution in [3.05, 3.63) is 23.8 Å². The van der Waals surface area contributed by atoms with Gasteiger partial charge in [-0.3, -0.25) is 4.79 Å². The third kappa shape index (κ3) is 3.88. The number of nitrogen functional groups attached to an aromatic ring is 1. The van der Waals surface area contributed by atoms with Crippen molar-refractivity contribution < 1.29 is 14.7 Å². The van der Waals surface area contributed by atoms with Crippen LogP contribution in [0.3, 0.4) is 0 Å². The van der Waals surface area contributed by atoms with E-state index in [1.54, 1.807) is 11.0 Å². The lowest BCUT2D eigenvalue weighted by Gasteiger charge is -2.24. The first kappa shape index (κ1) is 15.3. The van der Waals surface area contributed by atoms with Crippen molar-refractivity contribution in [3.63, 3.8) is 0 Å². The molecule has 0 radical (unpaired) electrons. The molecule has 0 aliphatic rings. The van der Waals surface area contributed by atoms with Gasteiger partial charge in [0.05, 0.1) is 29.6 Å². The van der Waals surface area contributed by atoms with Crippen LogP contribution in [-0.4, -0.2) is 36.6 Å². The Labute approximate surface area is 116 Å². The lowest BCUT2D eigenvalue weighted by Crippen LogP contribution is -2.37. The number of nitrogens with zero attached hydrogens (tertiary/aromatic N) is 2. The number of carboxylic acid groups (broad SMARTS) is 1. The largest absolute Gasteiger partial charge is 0.478 e. The summed E-state index contributed by atoms with van der Waals surface area (Å²) >= 11 is 0. The van der Waals surface area contributed by atoms with Crippen molar-refractivity contribution in [2.75, 3.05) is 30.3 Å². The Morgan fingerprint density at radius 3 is 2.70 bits per heavy atom. The Balaban J connectivity index is 2.87. The molecule has 0 fully saturated rings. The molecule has 1 aromatic carbocycles. The smallest absolute Gasteiger partial charge is 0.335 e. The maximum absolute atomic E-state index is 11.6. The van der Waals surface area contributed by atoms with Gasteiger partial charge in [0.2, 0.25) is 5.91 Å². The number of nitriles is 1. The normalized spacial score (nSPS) is 9.60. The van der Waals surface area contributed by atoms with Crippen LogP contribution < -0.4 is 16.0 Å². The average molecular weight is 276 g/mol. The number of anilines is 2. The van der Waals surface area contributed by atoms with E-state index >= 15 is 0 Å². The van der Waals surface area contributed by atoms with Crippen LogP contribution in [0.1, 0.15) is 17.3 Å². The van der Waals surface area contributed by atoms with Crippen LogP contribution in [0.15, 0.2) is 18.2 Å². The molecule has 0 bridgehead atoms. The summed E-state index contributed by atoms with van der Waals surface area (Å²) in [6, 6.07) is 6.18. The number of carbonyl (C=O) groups excluding carboxylic acids is 1. The molecule has 4 N–H and O–H groups in total. The number of carboxylic acids is 1. The van der Waals surface area contributed by atoms with E-state index in [0.717, 1.165) is 0 Å². The SMILES string of the molecule is CCN(CC(=O)NCC#N)c1ccc(C(=O)O)cc1N. The van der Waals surface area contributed by atoms with Crippen LogP contribution in [-0.2, 0) is 4.79 Å². The van der Waals surface area contributed by atoms with Crippen LogP contribution in [0.2, 0.25) is 0 Å². The zero-order valence-electron chi connectivity index (χ0n) is 11.1. The second-order valence-corrected chi connectivity index (χ2v) is 4.03. The molecular weight excluding hydrogens is 260 g/mol. The molecule has 0 heterocycles. The number of benzene rings is 1. The molecule has 0 saturated heterocycles. The number of amides is 1. The fourth-order valence-corrected chi connectivity index (χ4v) is 1.71. The third-order valence-electron chi connectivity index (χ3n) is 2.70. The van der Waals surface area contributed by atoms with Gasteiger partial charge in [-0.05, 0) is 25.1 Å². The van der Waals surface area contributed by atoms with E-state index in [-0.39, 0.29) is 24.6 Å². The Bertz CT molecular complexity index is 551. The first-order chi connectivity index (χ1) is 9.49. The van der Waals surface area contributed by atoms with E-state index < -0.39 is 5.97 Å². The molecule has 1 amide bonds. The van der Waals surface area contributed by atoms with Crippen LogP contribution in [0.4, 0.5) is 11.4 Å². The van der Waals surface area contributed by atoms with Crippen molar-refractivity contribution >= 4 is 23.3 Å². The summed E-state index contributed by atoms with van der Waals surface area (Å²) in [4.78, 5) is 24.1. The molecule has 106 valence electrons. The minimum absolute atomic E-state index is 0.0504. The minimum Gasteiger partial charge on any atom is -0.478 e. The van der Waals surface area contributed by atoms with Crippen molar-refractivity contribution in [2.24, 2.45) is 0 Å². The van der Waals surface area contributed by atoms with Gasteiger partial charge in [-0.25, -0.2) is 4.79 Å². The van der Waals surface area contributed by atoms with Gasteiger partial charge in [0.25, 0.3) is 0 Å². The number of hydrogen-bond acceptors (Lipinski definition) is 5. The minimum atomic E-state index is -1.06. The van der Waals surface area contributed by atoms with Gasteiger partial charge in [0.15, 0.2) is 0 Å². The second-order valence-electron chi connectivity index (χ2n) is 4.03. The van der Waals surface area contributed by atoms with Crippen molar-refractivity contribution in [3.8, 4) is 6.07 Å². The van der Waals surface area contributed by atoms with E-state index in [9.17, 15) is 9.59 Å². The summed E-state index contributed by atoms with van der Waals surface area (Å²) < 4.78 is 0. The Hall–Kier alpha value is -2.75. The van der Waals surface area contributed by atoms with E-state index in [4.69, 9.17) is 16.1 Å². The van der Waals surface area contributed by atoms with Crippen LogP contribution >= 0.6 is 0 Å². The maximum atomic E-state index is 11.6. The summed E-state index contributed by atoms with van der Waals surface area (Å²) in [5.74, 6) is -1.35. The monoisotopic (exact) mass is 276 g/mol. The average Bonchev–Trinajstić information content (AvgIpc) is 2.42. The number of nitrogens with one attached hydrogen (secondary N) is 1. The van der Waals surface area contributed by atoms with E-state index in [1.807, 2.05) is 13.0 Å². The Morgan fingerprint density at radius 1 is 1.50 bits per heavy atom. The fraction of sp³-hybridized carbons (Fsp3) is 0.308. The number of rotatable bonds is 6. The van der Waals surface area contributed by atoms with Gasteiger partial charge in [-0.1, -0.05) is 0 Å². The van der Waals surface area contributed by atoms with Crippen molar-refractivity contribution in [1.82, 2.24) is 5.32 Å². The zero-order valence-corrected chi connectivity index (χ0v) is 11.1. The summed E-state index contributed by atoms with van der Waals surface area (Å²) in [7, 11) is 0. The molecule has 7 heteroatoms. The summed E-state index contributed by atoms with van der Waals surface area (Å²) in [6.07, 6.45) is 0. The van der Waals surface area contributed by atoms with Crippen LogP contribution in [0, 0.1) is 11.3 Å². The Kier molecular flexibility index (Phi) is 5.35. The molecule has 1 aromatic rings. The number of carbonyl (C=O) groups is 2. The highest BCUT2D eigenvalue weighted by Gasteiger charge is 2.14. The van der Waals surface area contributed by atoms with Gasteiger partial charge in [0, 0.05) is 6.54 Å². The quantitative estimate of drug-likeness (QED) is 0.512. The van der Waals surface area contributed by atoms with Gasteiger partial charge in [0.1, 0.15) is 6.54 Å². The van der Waals surface area contributed by atoms with E-state index in [2.05, 4.69) is 5.32 Å². The first-order valence-corrected chi connectivity index (χ1v) is 6.01. The highest BCUT2D eigenvalue weighted by molar-refractivity contribution is 5.91. The second kappa shape index (κ2) is 6.99. The lowest BCUT2D eigenvalue weighted by molar-refractivity contribution is -0.119. The molecule has 0 aliphatic heterocycles. The summed E-state index contributed by atoms with van der Waals surface area (Å²) in [5, 5.41) is 19.7. The topological polar surface area (TPSA) is 119 Å². The first-order valence-electron chi connectivity index (χ1n) is 6.01. The van der Waals surface area contributed by atoms with Crippen LogP contribution in [0.25, 0.3) is 0 Å². The molecule has 0 aromatic heterocycles. The van der Waals surface area contributed by atoms with Gasteiger partial charge in [-0.15, -0.1) is 0 Å². The Morgan fingerprint density at radius 2 is 2.20 bits per heavy atom. The third-order valence-corrected chi connectivity index (χ3v) is 2.70. The maximum Gasteiger partial charge on any atom is 0.335 e. The highest BCUT2D eigenvalue weighted by atomic mass is 16.4. The fourth-order valence-electron chi connectivity index (χ4n) is 1.71. The van der Waals surface area contributed by atoms with Gasteiger partial charge in [-0.2, -0.15) is 5.26 Å². The van der Waals surface area contributed by atoms with E-state index in [0.29, 0.717) is 17.9 Å². The molecule has 0 unspecified atom stereocenters. The molecule has 1 rings (SSSR count). The molecular formula is C13H16N4O3. The summed E-state index contributed by atoms with van der Waals surface area (Å²) in [5.41, 5.74) is 6.80. The van der Waals surface area contributed by atoms with Gasteiger partial charge < -0.3 is 21.1 Å². The molecule has 0 atom stereocenters. The van der Waals surface area contributed by atoms with Gasteiger partial charge >= 0.3 is 5.97 Å². The predicted molar refractivity (Wildman–Crippen MR) is 74.3 cm³/mol. The molecule has 7 nitrogen and oxygen atoms in total. The lowest BCUT2D eigenvalue weighted by atomic mass is 10.1. The van der Waals surface area contributed by atoms with Crippen LogP contribution in [0.5, 0.6) is 0 Å². The van der Waals surface area contributed by atoms with Crippen molar-refractivity contribution in [2.45, 2.75) is 6.92 Å². The highest BCUT2D eigenvalue weighted by Crippen LogP contribution is 2.24. The molecule has 0 spiro atoms. The number of aromatic carboxylic acids is 1. The van der Waals surface area contributed by atoms with Crippen molar-refractivity contribution in [1.29, 1.82) is 5.26 Å². The predicted octanol–water partition coefficient (Wildman–Crippen LogP) is 0.433. The zero-order chi connectivity index (χ0) is 15.1. The molecule has 0 saturated carbocycles. The summed E-state index contributed by atoms with van der Waals surface area (Å²) in [6.45, 7) is 2.37. The van der Waals surface area contributed by atoms with E-state index in [1.165, 1.54) is 12.1 Å².